The highest BCUT2D eigenvalue weighted by molar-refractivity contribution is 8.16. The van der Waals surface area contributed by atoms with Crippen LogP contribution in [0.5, 0.6) is 0 Å². The number of hydrogen-bond donors (Lipinski definition) is 0. The lowest BCUT2D eigenvalue weighted by Gasteiger charge is -2.34. The molecule has 222 valence electrons. The van der Waals surface area contributed by atoms with Gasteiger partial charge in [0.05, 0.1) is 5.25 Å². The number of carbonyl (C=O) groups excluding carboxylic acids is 2. The van der Waals surface area contributed by atoms with Crippen LogP contribution in [0.1, 0.15) is 30.5 Å². The fraction of sp³-hybridized carbons (Fsp3) is 0.273. The molecule has 7 nitrogen and oxygen atoms in total. The van der Waals surface area contributed by atoms with Gasteiger partial charge in [0, 0.05) is 13.6 Å². The van der Waals surface area contributed by atoms with Gasteiger partial charge in [-0.15, -0.1) is 10.2 Å². The number of amides is 2. The predicted octanol–water partition coefficient (Wildman–Crippen LogP) is 5.99. The topological polar surface area (TPSA) is 74.6 Å². The van der Waals surface area contributed by atoms with E-state index in [0.29, 0.717) is 16.9 Å². The Hall–Kier alpha value is -3.44. The summed E-state index contributed by atoms with van der Waals surface area (Å²) >= 11 is 2.65. The van der Waals surface area contributed by atoms with Crippen molar-refractivity contribution in [3.63, 3.8) is 0 Å². The summed E-state index contributed by atoms with van der Waals surface area (Å²) in [5.41, 5.74) is 3.70. The fourth-order valence-corrected chi connectivity index (χ4v) is 11.9. The lowest BCUT2D eigenvalue weighted by atomic mass is 10.2. The summed E-state index contributed by atoms with van der Waals surface area (Å²) in [6, 6.07) is 33.5. The van der Waals surface area contributed by atoms with Crippen molar-refractivity contribution in [2.24, 2.45) is 10.2 Å². The van der Waals surface area contributed by atoms with Crippen LogP contribution in [-0.4, -0.2) is 64.5 Å². The van der Waals surface area contributed by atoms with E-state index in [1.807, 2.05) is 32.0 Å². The average Bonchev–Trinajstić information content (AvgIpc) is 3.41. The molecular weight excluding hydrogens is 593 g/mol. The molecule has 0 saturated carbocycles. The fourth-order valence-electron chi connectivity index (χ4n) is 5.25. The van der Waals surface area contributed by atoms with Gasteiger partial charge in [0.1, 0.15) is 0 Å². The Labute approximate surface area is 263 Å². The van der Waals surface area contributed by atoms with Crippen molar-refractivity contribution in [2.75, 3.05) is 13.6 Å². The minimum Gasteiger partial charge on any atom is -0.396 e. The molecular formula is C33H36N4O3S2Si. The van der Waals surface area contributed by atoms with Crippen LogP contribution in [0.4, 0.5) is 0 Å². The Morgan fingerprint density at radius 3 is 1.72 bits per heavy atom. The molecule has 2 unspecified atom stereocenters. The number of nitrogens with zero attached hydrogens (tertiary/aromatic N) is 4. The van der Waals surface area contributed by atoms with Gasteiger partial charge < -0.3 is 4.43 Å². The number of likely N-dealkylation sites (N-methyl/N-ethyl adjacent to an activating group) is 1. The molecule has 10 heteroatoms. The Morgan fingerprint density at radius 1 is 0.791 bits per heavy atom. The van der Waals surface area contributed by atoms with E-state index in [0.717, 1.165) is 23.7 Å². The molecule has 0 bridgehead atoms. The molecule has 2 aliphatic rings. The Morgan fingerprint density at radius 2 is 1.26 bits per heavy atom. The standard InChI is InChI=1S/C33H36N4O3S2Si/c1-24(2)20-37-29(38)25(3)41-33(37)35-34-32-36(4)30(39)31(42-32)40-43(21-26-14-8-5-9-15-26,22-27-16-10-6-11-17-27)23-28-18-12-7-13-19-28/h5-19,25,31H,1,20-23H2,2-4H3. The molecule has 2 aliphatic heterocycles. The van der Waals surface area contributed by atoms with Gasteiger partial charge in [-0.1, -0.05) is 115 Å². The van der Waals surface area contributed by atoms with Crippen molar-refractivity contribution >= 4 is 54.0 Å². The van der Waals surface area contributed by atoms with Gasteiger partial charge in [-0.3, -0.25) is 19.4 Å². The molecule has 2 heterocycles. The first-order chi connectivity index (χ1) is 20.7. The molecule has 0 N–H and O–H groups in total. The maximum Gasteiger partial charge on any atom is 0.267 e. The summed E-state index contributed by atoms with van der Waals surface area (Å²) in [5, 5.41) is 9.61. The molecule has 0 spiro atoms. The largest absolute Gasteiger partial charge is 0.396 e. The van der Waals surface area contributed by atoms with Gasteiger partial charge in [0.25, 0.3) is 5.91 Å². The Balaban J connectivity index is 1.47. The third-order valence-corrected chi connectivity index (χ3v) is 13.5. The molecule has 2 atom stereocenters. The lowest BCUT2D eigenvalue weighted by molar-refractivity contribution is -0.129. The molecule has 3 aromatic rings. The highest BCUT2D eigenvalue weighted by Crippen LogP contribution is 2.34. The zero-order chi connectivity index (χ0) is 30.4. The molecule has 3 aromatic carbocycles. The summed E-state index contributed by atoms with van der Waals surface area (Å²) in [5.74, 6) is -0.174. The van der Waals surface area contributed by atoms with Crippen molar-refractivity contribution < 1.29 is 14.0 Å². The van der Waals surface area contributed by atoms with Crippen LogP contribution in [0, 0.1) is 0 Å². The van der Waals surface area contributed by atoms with Crippen molar-refractivity contribution in [2.45, 2.75) is 42.7 Å². The SMILES string of the molecule is C=C(C)CN1C(=O)C(C)SC1=NN=C1SC(O[Si](Cc2ccccc2)(Cc2ccccc2)Cc2ccccc2)C(=O)N1C. The van der Waals surface area contributed by atoms with Crippen LogP contribution >= 0.6 is 23.5 Å². The predicted molar refractivity (Wildman–Crippen MR) is 180 cm³/mol. The molecule has 0 aliphatic carbocycles. The summed E-state index contributed by atoms with van der Waals surface area (Å²) in [6.07, 6.45) is 0. The van der Waals surface area contributed by atoms with Crippen molar-refractivity contribution in [3.8, 4) is 0 Å². The van der Waals surface area contributed by atoms with E-state index in [9.17, 15) is 9.59 Å². The van der Waals surface area contributed by atoms with E-state index in [1.54, 1.807) is 11.9 Å². The molecule has 5 rings (SSSR count). The van der Waals surface area contributed by atoms with E-state index in [1.165, 1.54) is 45.1 Å². The molecule has 43 heavy (non-hydrogen) atoms. The quantitative estimate of drug-likeness (QED) is 0.148. The van der Waals surface area contributed by atoms with Crippen LogP contribution < -0.4 is 0 Å². The number of amidine groups is 2. The highest BCUT2D eigenvalue weighted by atomic mass is 32.2. The van der Waals surface area contributed by atoms with Gasteiger partial charge in [0.15, 0.2) is 15.8 Å². The maximum absolute atomic E-state index is 13.7. The minimum atomic E-state index is -2.71. The number of thioether (sulfide) groups is 2. The van der Waals surface area contributed by atoms with E-state index < -0.39 is 13.8 Å². The van der Waals surface area contributed by atoms with Gasteiger partial charge in [-0.2, -0.15) is 0 Å². The normalized spacial score (nSPS) is 20.9. The Bertz CT molecular complexity index is 1420. The van der Waals surface area contributed by atoms with Crippen molar-refractivity contribution in [3.05, 3.63) is 120 Å². The van der Waals surface area contributed by atoms with Gasteiger partial charge in [-0.05, 0) is 60.4 Å². The lowest BCUT2D eigenvalue weighted by Crippen LogP contribution is -2.50. The third-order valence-electron chi connectivity index (χ3n) is 7.27. The zero-order valence-electron chi connectivity index (χ0n) is 24.7. The summed E-state index contributed by atoms with van der Waals surface area (Å²) in [7, 11) is -1.00. The maximum atomic E-state index is 13.7. The van der Waals surface area contributed by atoms with E-state index in [-0.39, 0.29) is 17.1 Å². The zero-order valence-corrected chi connectivity index (χ0v) is 27.3. The molecule has 0 radical (unpaired) electrons. The summed E-state index contributed by atoms with van der Waals surface area (Å²) in [4.78, 5) is 29.4. The van der Waals surface area contributed by atoms with E-state index in [2.05, 4.69) is 89.6 Å². The summed E-state index contributed by atoms with van der Waals surface area (Å²) < 4.78 is 7.10. The van der Waals surface area contributed by atoms with Crippen LogP contribution in [0.25, 0.3) is 0 Å². The molecule has 0 aromatic heterocycles. The summed E-state index contributed by atoms with van der Waals surface area (Å²) in [6.45, 7) is 8.06. The Kier molecular flexibility index (Phi) is 10.0. The monoisotopic (exact) mass is 628 g/mol. The van der Waals surface area contributed by atoms with Gasteiger partial charge in [0.2, 0.25) is 14.2 Å². The average molecular weight is 629 g/mol. The molecule has 2 fully saturated rings. The number of carbonyl (C=O) groups is 2. The second kappa shape index (κ2) is 13.9. The first-order valence-electron chi connectivity index (χ1n) is 14.2. The van der Waals surface area contributed by atoms with Gasteiger partial charge >= 0.3 is 0 Å². The number of hydrogen-bond acceptors (Lipinski definition) is 7. The van der Waals surface area contributed by atoms with E-state index in [4.69, 9.17) is 4.43 Å². The van der Waals surface area contributed by atoms with Crippen LogP contribution in [0.2, 0.25) is 0 Å². The van der Waals surface area contributed by atoms with Crippen LogP contribution in [-0.2, 0) is 32.1 Å². The third kappa shape index (κ3) is 7.75. The van der Waals surface area contributed by atoms with Crippen LogP contribution in [0.15, 0.2) is 113 Å². The first kappa shape index (κ1) is 31.0. The second-order valence-electron chi connectivity index (χ2n) is 11.0. The van der Waals surface area contributed by atoms with Crippen molar-refractivity contribution in [1.29, 1.82) is 0 Å². The number of benzene rings is 3. The smallest absolute Gasteiger partial charge is 0.267 e. The highest BCUT2D eigenvalue weighted by Gasteiger charge is 2.45. The number of rotatable bonds is 11. The molecule has 2 amide bonds. The minimum absolute atomic E-state index is 0.0183. The van der Waals surface area contributed by atoms with Crippen LogP contribution in [0.3, 0.4) is 0 Å². The van der Waals surface area contributed by atoms with E-state index >= 15 is 0 Å². The second-order valence-corrected chi connectivity index (χ2v) is 17.0. The first-order valence-corrected chi connectivity index (χ1v) is 18.5. The van der Waals surface area contributed by atoms with Crippen molar-refractivity contribution in [1.82, 2.24) is 9.80 Å². The molecule has 2 saturated heterocycles. The van der Waals surface area contributed by atoms with Gasteiger partial charge in [-0.25, -0.2) is 0 Å².